The minimum absolute atomic E-state index is 0.168. The van der Waals surface area contributed by atoms with Crippen molar-refractivity contribution in [2.45, 2.75) is 32.7 Å². The fourth-order valence-electron chi connectivity index (χ4n) is 2.11. The normalized spacial score (nSPS) is 15.9. The summed E-state index contributed by atoms with van der Waals surface area (Å²) in [6.07, 6.45) is 2.61. The molecule has 0 N–H and O–H groups in total. The molecule has 18 heavy (non-hydrogen) atoms. The first-order chi connectivity index (χ1) is 8.61. The van der Waals surface area contributed by atoms with E-state index in [1.54, 1.807) is 13.0 Å². The molecule has 0 aliphatic carbocycles. The fourth-order valence-corrected chi connectivity index (χ4v) is 2.11. The lowest BCUT2D eigenvalue weighted by molar-refractivity contribution is -0.133. The summed E-state index contributed by atoms with van der Waals surface area (Å²) in [5.74, 6) is 0.527. The maximum atomic E-state index is 11.7. The molecule has 0 saturated carbocycles. The van der Waals surface area contributed by atoms with Crippen LogP contribution >= 0.6 is 0 Å². The molecule has 1 amide bonds. The smallest absolute Gasteiger partial charge is 0.373 e. The lowest BCUT2D eigenvalue weighted by Gasteiger charge is -2.26. The predicted molar refractivity (Wildman–Crippen MR) is 64.1 cm³/mol. The number of hydrogen-bond acceptors (Lipinski definition) is 4. The van der Waals surface area contributed by atoms with Crippen molar-refractivity contribution in [3.8, 4) is 0 Å². The van der Waals surface area contributed by atoms with E-state index in [2.05, 4.69) is 4.74 Å². The van der Waals surface area contributed by atoms with Gasteiger partial charge in [0.15, 0.2) is 0 Å². The van der Waals surface area contributed by atoms with Crippen LogP contribution in [0, 0.1) is 6.92 Å². The number of piperidine rings is 1. The van der Waals surface area contributed by atoms with Crippen molar-refractivity contribution < 1.29 is 18.7 Å². The summed E-state index contributed by atoms with van der Waals surface area (Å²) >= 11 is 0. The number of ether oxygens (including phenoxy) is 1. The van der Waals surface area contributed by atoms with Gasteiger partial charge in [-0.05, 0) is 25.8 Å². The standard InChI is InChI=1S/C13H17NO4/c1-9-10(7-11(18-9)13(16)17-2)8-14-6-4-3-5-12(14)15/h7H,3-6,8H2,1-2H3. The first-order valence-corrected chi connectivity index (χ1v) is 6.07. The molecule has 0 unspecified atom stereocenters. The van der Waals surface area contributed by atoms with E-state index in [-0.39, 0.29) is 11.7 Å². The third-order valence-corrected chi connectivity index (χ3v) is 3.19. The van der Waals surface area contributed by atoms with Gasteiger partial charge in [-0.2, -0.15) is 0 Å². The topological polar surface area (TPSA) is 59.8 Å². The zero-order valence-electron chi connectivity index (χ0n) is 10.7. The van der Waals surface area contributed by atoms with Gasteiger partial charge in [0.05, 0.1) is 7.11 Å². The molecule has 1 fully saturated rings. The van der Waals surface area contributed by atoms with Crippen LogP contribution in [0.25, 0.3) is 0 Å². The molecular weight excluding hydrogens is 234 g/mol. The van der Waals surface area contributed by atoms with Crippen molar-refractivity contribution in [1.82, 2.24) is 4.90 Å². The summed E-state index contributed by atoms with van der Waals surface area (Å²) in [4.78, 5) is 24.9. The first kappa shape index (κ1) is 12.7. The molecule has 1 aromatic heterocycles. The summed E-state index contributed by atoms with van der Waals surface area (Å²) in [5.41, 5.74) is 0.866. The van der Waals surface area contributed by atoms with Gasteiger partial charge >= 0.3 is 5.97 Å². The minimum Gasteiger partial charge on any atom is -0.463 e. The average molecular weight is 251 g/mol. The van der Waals surface area contributed by atoms with E-state index in [1.165, 1.54) is 7.11 Å². The number of rotatable bonds is 3. The Balaban J connectivity index is 2.11. The molecule has 0 bridgehead atoms. The van der Waals surface area contributed by atoms with Crippen molar-refractivity contribution in [3.63, 3.8) is 0 Å². The second-order valence-corrected chi connectivity index (χ2v) is 4.46. The van der Waals surface area contributed by atoms with Crippen LogP contribution in [0.2, 0.25) is 0 Å². The molecule has 2 heterocycles. The molecule has 5 heteroatoms. The van der Waals surface area contributed by atoms with Gasteiger partial charge in [-0.25, -0.2) is 4.79 Å². The molecular formula is C13H17NO4. The lowest BCUT2D eigenvalue weighted by atomic mass is 10.1. The number of nitrogens with zero attached hydrogens (tertiary/aromatic N) is 1. The quantitative estimate of drug-likeness (QED) is 0.770. The molecule has 2 rings (SSSR count). The van der Waals surface area contributed by atoms with Crippen LogP contribution in [0.1, 0.15) is 41.1 Å². The second-order valence-electron chi connectivity index (χ2n) is 4.46. The van der Waals surface area contributed by atoms with Gasteiger partial charge in [0.2, 0.25) is 11.7 Å². The lowest BCUT2D eigenvalue weighted by Crippen LogP contribution is -2.34. The minimum atomic E-state index is -0.491. The van der Waals surface area contributed by atoms with Crippen LogP contribution in [-0.4, -0.2) is 30.4 Å². The highest BCUT2D eigenvalue weighted by Gasteiger charge is 2.21. The summed E-state index contributed by atoms with van der Waals surface area (Å²) in [7, 11) is 1.31. The molecule has 0 aromatic carbocycles. The third-order valence-electron chi connectivity index (χ3n) is 3.19. The second kappa shape index (κ2) is 5.25. The molecule has 98 valence electrons. The number of hydrogen-bond donors (Lipinski definition) is 0. The fraction of sp³-hybridized carbons (Fsp3) is 0.538. The van der Waals surface area contributed by atoms with Gasteiger partial charge in [0.25, 0.3) is 0 Å². The molecule has 5 nitrogen and oxygen atoms in total. The highest BCUT2D eigenvalue weighted by molar-refractivity contribution is 5.86. The van der Waals surface area contributed by atoms with E-state index in [1.807, 2.05) is 4.90 Å². The van der Waals surface area contributed by atoms with E-state index >= 15 is 0 Å². The number of carbonyl (C=O) groups excluding carboxylic acids is 2. The predicted octanol–water partition coefficient (Wildman–Crippen LogP) is 1.89. The van der Waals surface area contributed by atoms with Gasteiger partial charge in [-0.1, -0.05) is 0 Å². The highest BCUT2D eigenvalue weighted by atomic mass is 16.5. The number of amides is 1. The van der Waals surface area contributed by atoms with E-state index < -0.39 is 5.97 Å². The van der Waals surface area contributed by atoms with E-state index in [0.717, 1.165) is 24.9 Å². The molecule has 0 spiro atoms. The van der Waals surface area contributed by atoms with Gasteiger partial charge in [0, 0.05) is 25.1 Å². The number of esters is 1. The van der Waals surface area contributed by atoms with Crippen LogP contribution in [0.5, 0.6) is 0 Å². The monoisotopic (exact) mass is 251 g/mol. The van der Waals surface area contributed by atoms with Crippen LogP contribution in [0.3, 0.4) is 0 Å². The Kier molecular flexibility index (Phi) is 3.69. The van der Waals surface area contributed by atoms with Gasteiger partial charge in [-0.3, -0.25) is 4.79 Å². The Labute approximate surface area is 106 Å². The van der Waals surface area contributed by atoms with Crippen LogP contribution < -0.4 is 0 Å². The zero-order chi connectivity index (χ0) is 13.1. The maximum absolute atomic E-state index is 11.7. The molecule has 1 aromatic rings. The van der Waals surface area contributed by atoms with E-state index in [0.29, 0.717) is 18.7 Å². The molecule has 1 aliphatic rings. The van der Waals surface area contributed by atoms with Crippen molar-refractivity contribution in [2.75, 3.05) is 13.7 Å². The molecule has 1 aliphatic heterocycles. The largest absolute Gasteiger partial charge is 0.463 e. The van der Waals surface area contributed by atoms with Crippen LogP contribution in [0.15, 0.2) is 10.5 Å². The third kappa shape index (κ3) is 2.55. The number of carbonyl (C=O) groups is 2. The number of likely N-dealkylation sites (tertiary alicyclic amines) is 1. The Morgan fingerprint density at radius 1 is 1.50 bits per heavy atom. The van der Waals surface area contributed by atoms with Crippen LogP contribution in [-0.2, 0) is 16.1 Å². The number of furan rings is 1. The number of aryl methyl sites for hydroxylation is 1. The van der Waals surface area contributed by atoms with Gasteiger partial charge in [-0.15, -0.1) is 0 Å². The highest BCUT2D eigenvalue weighted by Crippen LogP contribution is 2.20. The average Bonchev–Trinajstić information content (AvgIpc) is 2.73. The van der Waals surface area contributed by atoms with Gasteiger partial charge < -0.3 is 14.1 Å². The van der Waals surface area contributed by atoms with E-state index in [4.69, 9.17) is 4.42 Å². The Hall–Kier alpha value is -1.78. The molecule has 0 atom stereocenters. The summed E-state index contributed by atoms with van der Waals surface area (Å²) in [6, 6.07) is 1.66. The first-order valence-electron chi connectivity index (χ1n) is 6.07. The Morgan fingerprint density at radius 3 is 2.94 bits per heavy atom. The van der Waals surface area contributed by atoms with E-state index in [9.17, 15) is 9.59 Å². The SMILES string of the molecule is COC(=O)c1cc(CN2CCCCC2=O)c(C)o1. The Bertz CT molecular complexity index is 464. The van der Waals surface area contributed by atoms with Crippen molar-refractivity contribution >= 4 is 11.9 Å². The van der Waals surface area contributed by atoms with Crippen molar-refractivity contribution in [1.29, 1.82) is 0 Å². The summed E-state index contributed by atoms with van der Waals surface area (Å²) in [6.45, 7) is 3.07. The summed E-state index contributed by atoms with van der Waals surface area (Å²) in [5, 5.41) is 0. The maximum Gasteiger partial charge on any atom is 0.373 e. The van der Waals surface area contributed by atoms with Crippen LogP contribution in [0.4, 0.5) is 0 Å². The Morgan fingerprint density at radius 2 is 2.28 bits per heavy atom. The number of methoxy groups -OCH3 is 1. The van der Waals surface area contributed by atoms with Crippen molar-refractivity contribution in [3.05, 3.63) is 23.2 Å². The molecule has 0 radical (unpaired) electrons. The zero-order valence-corrected chi connectivity index (χ0v) is 10.7. The summed E-state index contributed by atoms with van der Waals surface area (Å²) < 4.78 is 9.93. The van der Waals surface area contributed by atoms with Crippen molar-refractivity contribution in [2.24, 2.45) is 0 Å². The molecule has 1 saturated heterocycles. The van der Waals surface area contributed by atoms with Gasteiger partial charge in [0.1, 0.15) is 5.76 Å².